The topological polar surface area (TPSA) is 156 Å². The molecule has 1 amide bonds. The van der Waals surface area contributed by atoms with Crippen LogP contribution in [0.15, 0.2) is 29.3 Å². The molecule has 0 radical (unpaired) electrons. The van der Waals surface area contributed by atoms with E-state index < -0.39 is 43.4 Å². The van der Waals surface area contributed by atoms with Gasteiger partial charge in [0.2, 0.25) is 0 Å². The summed E-state index contributed by atoms with van der Waals surface area (Å²) in [5.74, 6) is 0. The summed E-state index contributed by atoms with van der Waals surface area (Å²) in [5, 5.41) is 25.3. The van der Waals surface area contributed by atoms with Crippen molar-refractivity contribution in [3.05, 3.63) is 35.7 Å². The summed E-state index contributed by atoms with van der Waals surface area (Å²) in [6.45, 7) is 0.154. The first-order chi connectivity index (χ1) is 17.3. The average molecular weight is 546 g/mol. The Balaban J connectivity index is 0.000000356. The second-order valence-corrected chi connectivity index (χ2v) is 10.9. The van der Waals surface area contributed by atoms with Crippen molar-refractivity contribution in [2.24, 2.45) is 0 Å². The summed E-state index contributed by atoms with van der Waals surface area (Å²) in [5.41, 5.74) is -1.45. The van der Waals surface area contributed by atoms with Crippen molar-refractivity contribution in [1.29, 1.82) is 5.26 Å². The number of benzene rings is 1. The van der Waals surface area contributed by atoms with E-state index in [9.17, 15) is 26.4 Å². The number of sulfone groups is 1. The van der Waals surface area contributed by atoms with Crippen molar-refractivity contribution in [2.75, 3.05) is 14.2 Å². The largest absolute Gasteiger partial charge is 0.465 e. The van der Waals surface area contributed by atoms with E-state index in [2.05, 4.69) is 15.6 Å². The van der Waals surface area contributed by atoms with Crippen molar-refractivity contribution < 1.29 is 41.0 Å². The summed E-state index contributed by atoms with van der Waals surface area (Å²) in [6, 6.07) is 4.95. The zero-order chi connectivity index (χ0) is 27.4. The second kappa shape index (κ2) is 11.0. The molecular weight excluding hydrogens is 519 g/mol. The number of nitriles is 1. The molecule has 2 aliphatic rings. The molecule has 202 valence electrons. The molecule has 1 aromatic heterocycles. The van der Waals surface area contributed by atoms with E-state index in [1.54, 1.807) is 0 Å². The maximum atomic E-state index is 13.7. The molecule has 4 rings (SSSR count). The van der Waals surface area contributed by atoms with Gasteiger partial charge in [-0.2, -0.15) is 18.4 Å². The standard InChI is InChI=1S/C17H20F3N3O4S.C5H6N2O2/c1-26-10-11-9-23(22-21-11)12-3-6-16(15(7-12)17(18,19)20)28(24,25)14-5-4-13(8-14)27-2;6-3-5(1-2-5)7-4(8)9/h3,6-7,9,13-14H,4-5,8,10H2,1-2H3;7H,1-2H2,(H,8,9)/t13-,14-;/m1./s1. The maximum absolute atomic E-state index is 13.7. The second-order valence-electron chi connectivity index (χ2n) is 8.73. The van der Waals surface area contributed by atoms with Crippen LogP contribution in [0.2, 0.25) is 0 Å². The van der Waals surface area contributed by atoms with E-state index in [0.29, 0.717) is 25.0 Å². The molecule has 2 aromatic rings. The number of nitrogens with zero attached hydrogens (tertiary/aromatic N) is 4. The number of carboxylic acid groups (broad SMARTS) is 1. The Morgan fingerprint density at radius 2 is 2.03 bits per heavy atom. The normalized spacial score (nSPS) is 20.4. The predicted molar refractivity (Wildman–Crippen MR) is 121 cm³/mol. The number of hydrogen-bond donors (Lipinski definition) is 2. The number of amides is 1. The van der Waals surface area contributed by atoms with Gasteiger partial charge < -0.3 is 19.9 Å². The van der Waals surface area contributed by atoms with Gasteiger partial charge in [-0.1, -0.05) is 5.21 Å². The highest BCUT2D eigenvalue weighted by Crippen LogP contribution is 2.39. The lowest BCUT2D eigenvalue weighted by molar-refractivity contribution is -0.139. The average Bonchev–Trinajstić information content (AvgIpc) is 3.23. The molecule has 0 bridgehead atoms. The SMILES string of the molecule is COCc1cn(-c2ccc(S(=O)(=O)[C@@H]3CC[C@@H](OC)C3)c(C(F)(F)F)c2)nn1.N#CC1(NC(=O)O)CC1. The van der Waals surface area contributed by atoms with E-state index in [-0.39, 0.29) is 31.2 Å². The fraction of sp³-hybridized carbons (Fsp3) is 0.545. The zero-order valence-corrected chi connectivity index (χ0v) is 20.8. The van der Waals surface area contributed by atoms with Crippen LogP contribution in [0.3, 0.4) is 0 Å². The summed E-state index contributed by atoms with van der Waals surface area (Å²) in [4.78, 5) is 9.23. The molecule has 2 fully saturated rings. The third-order valence-corrected chi connectivity index (χ3v) is 8.37. The molecule has 15 heteroatoms. The lowest BCUT2D eigenvalue weighted by atomic mass is 10.2. The molecule has 0 spiro atoms. The van der Waals surface area contributed by atoms with Gasteiger partial charge in [-0.25, -0.2) is 17.9 Å². The summed E-state index contributed by atoms with van der Waals surface area (Å²) < 4.78 is 78.0. The fourth-order valence-corrected chi connectivity index (χ4v) is 5.95. The summed E-state index contributed by atoms with van der Waals surface area (Å²) in [7, 11) is -1.24. The quantitative estimate of drug-likeness (QED) is 0.534. The number of hydrogen-bond acceptors (Lipinski definition) is 8. The number of rotatable bonds is 7. The van der Waals surface area contributed by atoms with Crippen molar-refractivity contribution in [2.45, 2.75) is 66.7 Å². The molecular formula is C22H26F3N5O6S. The molecule has 2 atom stereocenters. The van der Waals surface area contributed by atoms with Gasteiger partial charge in [-0.3, -0.25) is 0 Å². The first kappa shape index (κ1) is 28.4. The van der Waals surface area contributed by atoms with Crippen LogP contribution in [0.1, 0.15) is 43.4 Å². The first-order valence-electron chi connectivity index (χ1n) is 11.2. The first-order valence-corrected chi connectivity index (χ1v) is 12.7. The van der Waals surface area contributed by atoms with E-state index in [0.717, 1.165) is 16.8 Å². The molecule has 2 N–H and O–H groups in total. The van der Waals surface area contributed by atoms with Crippen LogP contribution in [0.5, 0.6) is 0 Å². The molecule has 2 saturated carbocycles. The zero-order valence-electron chi connectivity index (χ0n) is 20.0. The molecule has 37 heavy (non-hydrogen) atoms. The minimum Gasteiger partial charge on any atom is -0.465 e. The smallest absolute Gasteiger partial charge is 0.417 e. The van der Waals surface area contributed by atoms with Crippen molar-refractivity contribution in [1.82, 2.24) is 20.3 Å². The van der Waals surface area contributed by atoms with E-state index in [4.69, 9.17) is 19.8 Å². The number of carbonyl (C=O) groups is 1. The number of methoxy groups -OCH3 is 2. The Bertz CT molecular complexity index is 1270. The van der Waals surface area contributed by atoms with E-state index >= 15 is 0 Å². The Labute approximate surface area is 211 Å². The van der Waals surface area contributed by atoms with Crippen LogP contribution >= 0.6 is 0 Å². The van der Waals surface area contributed by atoms with Crippen molar-refractivity contribution in [3.8, 4) is 11.8 Å². The van der Waals surface area contributed by atoms with Crippen LogP contribution in [-0.2, 0) is 32.1 Å². The van der Waals surface area contributed by atoms with E-state index in [1.807, 2.05) is 6.07 Å². The molecule has 1 heterocycles. The third-order valence-electron chi connectivity index (χ3n) is 6.09. The van der Waals surface area contributed by atoms with Gasteiger partial charge in [0.05, 0.1) is 46.4 Å². The Kier molecular flexibility index (Phi) is 8.45. The molecule has 0 aliphatic heterocycles. The van der Waals surface area contributed by atoms with Crippen molar-refractivity contribution in [3.63, 3.8) is 0 Å². The van der Waals surface area contributed by atoms with Gasteiger partial charge in [-0.15, -0.1) is 5.10 Å². The molecule has 11 nitrogen and oxygen atoms in total. The van der Waals surface area contributed by atoms with Crippen LogP contribution in [0.4, 0.5) is 18.0 Å². The highest BCUT2D eigenvalue weighted by molar-refractivity contribution is 7.92. The molecule has 2 aliphatic carbocycles. The van der Waals surface area contributed by atoms with Crippen LogP contribution < -0.4 is 5.32 Å². The minimum atomic E-state index is -4.84. The van der Waals surface area contributed by atoms with Crippen LogP contribution in [0.25, 0.3) is 5.69 Å². The van der Waals surface area contributed by atoms with Crippen LogP contribution in [0, 0.1) is 11.3 Å². The Hall–Kier alpha value is -3.22. The van der Waals surface area contributed by atoms with Gasteiger partial charge in [0, 0.05) is 14.2 Å². The van der Waals surface area contributed by atoms with Gasteiger partial charge in [0.25, 0.3) is 0 Å². The third kappa shape index (κ3) is 6.76. The number of ether oxygens (including phenoxy) is 2. The number of aromatic nitrogens is 3. The highest BCUT2D eigenvalue weighted by atomic mass is 32.2. The van der Waals surface area contributed by atoms with Gasteiger partial charge in [0.1, 0.15) is 11.2 Å². The Morgan fingerprint density at radius 3 is 2.51 bits per heavy atom. The van der Waals surface area contributed by atoms with Gasteiger partial charge in [-0.05, 0) is 50.3 Å². The predicted octanol–water partition coefficient (Wildman–Crippen LogP) is 3.08. The minimum absolute atomic E-state index is 0.0577. The number of nitrogens with one attached hydrogen (secondary N) is 1. The molecule has 0 saturated heterocycles. The van der Waals surface area contributed by atoms with Crippen molar-refractivity contribution >= 4 is 15.9 Å². The molecule has 1 aromatic carbocycles. The maximum Gasteiger partial charge on any atom is 0.417 e. The van der Waals surface area contributed by atoms with Gasteiger partial charge >= 0.3 is 12.3 Å². The lowest BCUT2D eigenvalue weighted by Gasteiger charge is -2.18. The van der Waals surface area contributed by atoms with E-state index in [1.165, 1.54) is 26.5 Å². The Morgan fingerprint density at radius 1 is 1.32 bits per heavy atom. The van der Waals surface area contributed by atoms with Crippen LogP contribution in [-0.4, -0.2) is 65.7 Å². The number of alkyl halides is 3. The lowest BCUT2D eigenvalue weighted by Crippen LogP contribution is -2.33. The molecule has 0 unspecified atom stereocenters. The number of halogens is 3. The summed E-state index contributed by atoms with van der Waals surface area (Å²) >= 11 is 0. The summed E-state index contributed by atoms with van der Waals surface area (Å²) in [6.07, 6.45) is -2.55. The monoisotopic (exact) mass is 545 g/mol. The fourth-order valence-electron chi connectivity index (χ4n) is 3.94. The highest BCUT2D eigenvalue weighted by Gasteiger charge is 2.45. The van der Waals surface area contributed by atoms with Gasteiger partial charge in [0.15, 0.2) is 9.84 Å².